The Bertz CT molecular complexity index is 345. The van der Waals surface area contributed by atoms with Gasteiger partial charge in [-0.3, -0.25) is 9.88 Å². The molecule has 0 aliphatic carbocycles. The molecule has 1 aromatic rings. The molecule has 0 spiro atoms. The number of likely N-dealkylation sites (tertiary alicyclic amines) is 1. The molecule has 1 aliphatic rings. The summed E-state index contributed by atoms with van der Waals surface area (Å²) in [5.41, 5.74) is 7.04. The molecular formula is C11H18N4S. The molecule has 1 aromatic heterocycles. The molecule has 1 atom stereocenters. The van der Waals surface area contributed by atoms with Gasteiger partial charge in [0, 0.05) is 31.5 Å². The van der Waals surface area contributed by atoms with Crippen LogP contribution >= 0.6 is 11.8 Å². The highest BCUT2D eigenvalue weighted by atomic mass is 32.2. The Labute approximate surface area is 101 Å². The van der Waals surface area contributed by atoms with Crippen LogP contribution in [0.5, 0.6) is 0 Å². The van der Waals surface area contributed by atoms with E-state index in [4.69, 9.17) is 5.73 Å². The monoisotopic (exact) mass is 238 g/mol. The van der Waals surface area contributed by atoms with Crippen LogP contribution in [0.15, 0.2) is 17.4 Å². The van der Waals surface area contributed by atoms with E-state index < -0.39 is 0 Å². The number of hydrogen-bond donors (Lipinski definition) is 1. The topological polar surface area (TPSA) is 55.0 Å². The van der Waals surface area contributed by atoms with E-state index in [9.17, 15) is 0 Å². The zero-order valence-corrected chi connectivity index (χ0v) is 10.4. The van der Waals surface area contributed by atoms with Crippen molar-refractivity contribution in [1.82, 2.24) is 14.9 Å². The number of nitrogens with zero attached hydrogens (tertiary/aromatic N) is 3. The number of piperidine rings is 1. The molecule has 1 fully saturated rings. The first-order chi connectivity index (χ1) is 7.79. The average Bonchev–Trinajstić information content (AvgIpc) is 2.30. The molecule has 16 heavy (non-hydrogen) atoms. The Morgan fingerprint density at radius 2 is 2.31 bits per heavy atom. The van der Waals surface area contributed by atoms with Gasteiger partial charge in [0.1, 0.15) is 5.03 Å². The molecular weight excluding hydrogens is 220 g/mol. The van der Waals surface area contributed by atoms with Gasteiger partial charge in [0.15, 0.2) is 0 Å². The second kappa shape index (κ2) is 5.61. The molecule has 1 saturated heterocycles. The Kier molecular flexibility index (Phi) is 4.15. The largest absolute Gasteiger partial charge is 0.327 e. The standard InChI is InChI=1S/C11H18N4S/c1-16-11-10(13-4-5-14-11)8-15-6-2-3-9(12)7-15/h4-5,9H,2-3,6-8,12H2,1H3/t9-/m0/s1. The lowest BCUT2D eigenvalue weighted by Crippen LogP contribution is -2.42. The van der Waals surface area contributed by atoms with E-state index in [1.165, 1.54) is 6.42 Å². The van der Waals surface area contributed by atoms with Gasteiger partial charge in [-0.1, -0.05) is 0 Å². The van der Waals surface area contributed by atoms with Crippen molar-refractivity contribution in [3.05, 3.63) is 18.1 Å². The first-order valence-corrected chi connectivity index (χ1v) is 6.84. The van der Waals surface area contributed by atoms with Crippen LogP contribution in [0.25, 0.3) is 0 Å². The predicted molar refractivity (Wildman–Crippen MR) is 66.3 cm³/mol. The van der Waals surface area contributed by atoms with Gasteiger partial charge >= 0.3 is 0 Å². The minimum absolute atomic E-state index is 0.322. The van der Waals surface area contributed by atoms with Gasteiger partial charge in [0.05, 0.1) is 5.69 Å². The third-order valence-corrected chi connectivity index (χ3v) is 3.57. The summed E-state index contributed by atoms with van der Waals surface area (Å²) in [6.45, 7) is 2.97. The lowest BCUT2D eigenvalue weighted by atomic mass is 10.1. The predicted octanol–water partition coefficient (Wildman–Crippen LogP) is 1.12. The van der Waals surface area contributed by atoms with Gasteiger partial charge in [-0.2, -0.15) is 0 Å². The number of aromatic nitrogens is 2. The quantitative estimate of drug-likeness (QED) is 0.800. The fourth-order valence-corrected chi connectivity index (χ4v) is 2.60. The van der Waals surface area contributed by atoms with Crippen molar-refractivity contribution in [3.8, 4) is 0 Å². The van der Waals surface area contributed by atoms with Crippen LogP contribution in [-0.2, 0) is 6.54 Å². The third kappa shape index (κ3) is 2.93. The number of rotatable bonds is 3. The van der Waals surface area contributed by atoms with Crippen molar-refractivity contribution < 1.29 is 0 Å². The van der Waals surface area contributed by atoms with Gasteiger partial charge in [-0.15, -0.1) is 11.8 Å². The average molecular weight is 238 g/mol. The highest BCUT2D eigenvalue weighted by molar-refractivity contribution is 7.98. The number of thioether (sulfide) groups is 1. The maximum absolute atomic E-state index is 5.97. The lowest BCUT2D eigenvalue weighted by molar-refractivity contribution is 0.197. The molecule has 5 heteroatoms. The van der Waals surface area contributed by atoms with Crippen LogP contribution < -0.4 is 5.73 Å². The Balaban J connectivity index is 2.02. The zero-order valence-electron chi connectivity index (χ0n) is 9.59. The van der Waals surface area contributed by atoms with Crippen molar-refractivity contribution in [1.29, 1.82) is 0 Å². The van der Waals surface area contributed by atoms with Gasteiger partial charge in [-0.25, -0.2) is 4.98 Å². The Morgan fingerprint density at radius 1 is 1.50 bits per heavy atom. The van der Waals surface area contributed by atoms with E-state index in [-0.39, 0.29) is 0 Å². The van der Waals surface area contributed by atoms with Crippen molar-refractivity contribution in [2.45, 2.75) is 30.5 Å². The maximum Gasteiger partial charge on any atom is 0.119 e. The van der Waals surface area contributed by atoms with E-state index in [1.807, 2.05) is 6.26 Å². The summed E-state index contributed by atoms with van der Waals surface area (Å²) >= 11 is 1.65. The van der Waals surface area contributed by atoms with Gasteiger partial charge in [-0.05, 0) is 25.6 Å². The van der Waals surface area contributed by atoms with Crippen LogP contribution in [-0.4, -0.2) is 40.3 Å². The molecule has 0 bridgehead atoms. The first-order valence-electron chi connectivity index (χ1n) is 5.61. The summed E-state index contributed by atoms with van der Waals surface area (Å²) in [4.78, 5) is 11.1. The number of hydrogen-bond acceptors (Lipinski definition) is 5. The minimum Gasteiger partial charge on any atom is -0.327 e. The number of nitrogens with two attached hydrogens (primary N) is 1. The van der Waals surface area contributed by atoms with Crippen molar-refractivity contribution in [3.63, 3.8) is 0 Å². The maximum atomic E-state index is 5.97. The Hall–Kier alpha value is -0.650. The molecule has 88 valence electrons. The molecule has 0 unspecified atom stereocenters. The molecule has 2 rings (SSSR count). The third-order valence-electron chi connectivity index (χ3n) is 2.84. The van der Waals surface area contributed by atoms with Crippen molar-refractivity contribution >= 4 is 11.8 Å². The van der Waals surface area contributed by atoms with E-state index in [0.29, 0.717) is 6.04 Å². The van der Waals surface area contributed by atoms with E-state index in [1.54, 1.807) is 24.2 Å². The minimum atomic E-state index is 0.322. The van der Waals surface area contributed by atoms with Gasteiger partial charge in [0.25, 0.3) is 0 Å². The summed E-state index contributed by atoms with van der Waals surface area (Å²) < 4.78 is 0. The van der Waals surface area contributed by atoms with E-state index in [0.717, 1.165) is 36.8 Å². The highest BCUT2D eigenvalue weighted by Gasteiger charge is 2.18. The molecule has 0 aromatic carbocycles. The highest BCUT2D eigenvalue weighted by Crippen LogP contribution is 2.18. The molecule has 1 aliphatic heterocycles. The van der Waals surface area contributed by atoms with E-state index >= 15 is 0 Å². The summed E-state index contributed by atoms with van der Waals surface area (Å²) in [6, 6.07) is 0.322. The second-order valence-electron chi connectivity index (χ2n) is 4.15. The molecule has 0 saturated carbocycles. The fourth-order valence-electron chi connectivity index (χ4n) is 2.08. The molecule has 2 N–H and O–H groups in total. The Morgan fingerprint density at radius 3 is 3.06 bits per heavy atom. The van der Waals surface area contributed by atoms with Crippen LogP contribution in [0.2, 0.25) is 0 Å². The zero-order chi connectivity index (χ0) is 11.4. The summed E-state index contributed by atoms with van der Waals surface area (Å²) in [5.74, 6) is 0. The van der Waals surface area contributed by atoms with Crippen LogP contribution in [0.4, 0.5) is 0 Å². The van der Waals surface area contributed by atoms with Gasteiger partial charge in [0.2, 0.25) is 0 Å². The van der Waals surface area contributed by atoms with E-state index in [2.05, 4.69) is 14.9 Å². The normalized spacial score (nSPS) is 22.2. The first kappa shape index (κ1) is 11.8. The van der Waals surface area contributed by atoms with Crippen molar-refractivity contribution in [2.75, 3.05) is 19.3 Å². The lowest BCUT2D eigenvalue weighted by Gasteiger charge is -2.30. The fraction of sp³-hybridized carbons (Fsp3) is 0.636. The van der Waals surface area contributed by atoms with Gasteiger partial charge < -0.3 is 5.73 Å². The summed E-state index contributed by atoms with van der Waals surface area (Å²) in [6.07, 6.45) is 7.88. The van der Waals surface area contributed by atoms with Crippen molar-refractivity contribution in [2.24, 2.45) is 5.73 Å². The van der Waals surface area contributed by atoms with Crippen LogP contribution in [0.1, 0.15) is 18.5 Å². The molecule has 0 radical (unpaired) electrons. The second-order valence-corrected chi connectivity index (χ2v) is 4.94. The summed E-state index contributed by atoms with van der Waals surface area (Å²) in [7, 11) is 0. The van der Waals surface area contributed by atoms with Crippen LogP contribution in [0, 0.1) is 0 Å². The molecule has 2 heterocycles. The smallest absolute Gasteiger partial charge is 0.119 e. The van der Waals surface area contributed by atoms with Crippen LogP contribution in [0.3, 0.4) is 0 Å². The molecule has 4 nitrogen and oxygen atoms in total. The molecule has 0 amide bonds. The SMILES string of the molecule is CSc1nccnc1CN1CCC[C@H](N)C1. The summed E-state index contributed by atoms with van der Waals surface area (Å²) in [5, 5.41) is 1.03.